The number of fused-ring (bicyclic) bond motifs is 3. The molecule has 2 heterocycles. The minimum atomic E-state index is -0.554. The molecule has 0 unspecified atom stereocenters. The van der Waals surface area contributed by atoms with Crippen LogP contribution in [0.3, 0.4) is 0 Å². The summed E-state index contributed by atoms with van der Waals surface area (Å²) in [6.07, 6.45) is 4.14. The number of nitrogens with one attached hydrogen (secondary N) is 1. The molecular weight excluding hydrogens is 484 g/mol. The SMILES string of the molecule is C/C(=C1\c2ccccc2CCc2c1ccc(-n1c(C3CC3)nc3c(Cl)cccc31)c2C)c1noc(=O)[nH]1. The van der Waals surface area contributed by atoms with Gasteiger partial charge in [0.1, 0.15) is 11.3 Å². The zero-order valence-electron chi connectivity index (χ0n) is 20.6. The summed E-state index contributed by atoms with van der Waals surface area (Å²) in [5.74, 6) is 1.46. The van der Waals surface area contributed by atoms with Crippen LogP contribution in [0.25, 0.3) is 27.9 Å². The molecule has 2 aromatic heterocycles. The van der Waals surface area contributed by atoms with Crippen LogP contribution in [0.5, 0.6) is 0 Å². The van der Waals surface area contributed by atoms with Gasteiger partial charge in [0, 0.05) is 11.5 Å². The number of aromatic amines is 1. The second-order valence-electron chi connectivity index (χ2n) is 10.0. The molecule has 0 aliphatic heterocycles. The molecule has 0 radical (unpaired) electrons. The highest BCUT2D eigenvalue weighted by molar-refractivity contribution is 6.35. The Bertz CT molecular complexity index is 1800. The molecule has 2 aliphatic carbocycles. The summed E-state index contributed by atoms with van der Waals surface area (Å²) in [5.41, 5.74) is 11.1. The van der Waals surface area contributed by atoms with Crippen molar-refractivity contribution in [3.8, 4) is 5.69 Å². The van der Waals surface area contributed by atoms with Crippen LogP contribution in [0, 0.1) is 6.92 Å². The number of rotatable bonds is 3. The highest BCUT2D eigenvalue weighted by atomic mass is 35.5. The van der Waals surface area contributed by atoms with E-state index in [2.05, 4.69) is 64.1 Å². The first kappa shape index (κ1) is 22.3. The van der Waals surface area contributed by atoms with Crippen LogP contribution in [0.1, 0.15) is 65.1 Å². The molecule has 0 atom stereocenters. The Morgan fingerprint density at radius 1 is 1.05 bits per heavy atom. The molecule has 0 amide bonds. The van der Waals surface area contributed by atoms with Crippen molar-refractivity contribution in [3.63, 3.8) is 0 Å². The lowest BCUT2D eigenvalue weighted by molar-refractivity contribution is 0.385. The van der Waals surface area contributed by atoms with Gasteiger partial charge in [-0.15, -0.1) is 0 Å². The molecule has 3 aromatic carbocycles. The molecular formula is C30H25ClN4O2. The van der Waals surface area contributed by atoms with Gasteiger partial charge >= 0.3 is 5.76 Å². The van der Waals surface area contributed by atoms with Gasteiger partial charge in [0.15, 0.2) is 5.82 Å². The number of halogens is 1. The van der Waals surface area contributed by atoms with Gasteiger partial charge in [0.2, 0.25) is 0 Å². The third kappa shape index (κ3) is 3.50. The number of hydrogen-bond donors (Lipinski definition) is 1. The number of imidazole rings is 1. The van der Waals surface area contributed by atoms with Crippen molar-refractivity contribution in [1.82, 2.24) is 19.7 Å². The zero-order valence-corrected chi connectivity index (χ0v) is 21.4. The van der Waals surface area contributed by atoms with E-state index in [0.29, 0.717) is 16.8 Å². The minimum Gasteiger partial charge on any atom is -0.296 e. The standard InChI is InChI=1S/C30H25ClN4O2/c1-16-20-13-12-18-6-3-4-7-21(18)26(17(2)28-33-30(36)37-34-28)22(20)14-15-24(16)35-25-9-5-8-23(31)27(25)32-29(35)19-10-11-19/h3-9,14-15,19H,10-13H2,1-2H3,(H,33,34,36)/b26-17-. The Hall–Kier alpha value is -3.90. The lowest BCUT2D eigenvalue weighted by Crippen LogP contribution is -2.07. The van der Waals surface area contributed by atoms with E-state index in [-0.39, 0.29) is 0 Å². The Balaban J connectivity index is 1.50. The maximum atomic E-state index is 11.8. The molecule has 7 heteroatoms. The van der Waals surface area contributed by atoms with Crippen molar-refractivity contribution < 1.29 is 4.52 Å². The van der Waals surface area contributed by atoms with E-state index in [9.17, 15) is 4.79 Å². The minimum absolute atomic E-state index is 0.454. The molecule has 0 spiro atoms. The molecule has 1 N–H and O–H groups in total. The van der Waals surface area contributed by atoms with Crippen LogP contribution in [0.2, 0.25) is 5.02 Å². The number of aromatic nitrogens is 4. The van der Waals surface area contributed by atoms with Gasteiger partial charge in [-0.2, -0.15) is 0 Å². The van der Waals surface area contributed by atoms with Gasteiger partial charge in [-0.05, 0) is 91.1 Å². The van der Waals surface area contributed by atoms with Crippen molar-refractivity contribution in [2.24, 2.45) is 0 Å². The molecule has 0 bridgehead atoms. The second kappa shape index (κ2) is 8.32. The normalized spacial score (nSPS) is 16.4. The summed E-state index contributed by atoms with van der Waals surface area (Å²) >= 11 is 6.58. The molecule has 184 valence electrons. The number of allylic oxidation sites excluding steroid dienone is 1. The van der Waals surface area contributed by atoms with E-state index in [1.54, 1.807) is 0 Å². The van der Waals surface area contributed by atoms with Crippen molar-refractivity contribution in [1.29, 1.82) is 0 Å². The average molecular weight is 509 g/mol. The monoisotopic (exact) mass is 508 g/mol. The lowest BCUT2D eigenvalue weighted by Gasteiger charge is -2.20. The van der Waals surface area contributed by atoms with E-state index < -0.39 is 5.76 Å². The van der Waals surface area contributed by atoms with Gasteiger partial charge in [0.05, 0.1) is 16.2 Å². The topological polar surface area (TPSA) is 76.7 Å². The number of aryl methyl sites for hydroxylation is 1. The van der Waals surface area contributed by atoms with Gasteiger partial charge in [-0.3, -0.25) is 14.1 Å². The average Bonchev–Trinajstić information content (AvgIpc) is 3.57. The summed E-state index contributed by atoms with van der Waals surface area (Å²) in [4.78, 5) is 19.5. The lowest BCUT2D eigenvalue weighted by atomic mass is 9.88. The number of H-pyrrole nitrogens is 1. The van der Waals surface area contributed by atoms with Gasteiger partial charge < -0.3 is 0 Å². The maximum Gasteiger partial charge on any atom is 0.439 e. The fraction of sp³-hybridized carbons (Fsp3) is 0.233. The van der Waals surface area contributed by atoms with Gasteiger partial charge in [-0.25, -0.2) is 9.78 Å². The van der Waals surface area contributed by atoms with E-state index in [4.69, 9.17) is 21.1 Å². The third-order valence-electron chi connectivity index (χ3n) is 7.79. The highest BCUT2D eigenvalue weighted by Gasteiger charge is 2.32. The highest BCUT2D eigenvalue weighted by Crippen LogP contribution is 2.45. The molecule has 7 rings (SSSR count). The summed E-state index contributed by atoms with van der Waals surface area (Å²) in [5, 5.41) is 4.69. The summed E-state index contributed by atoms with van der Waals surface area (Å²) in [7, 11) is 0. The first-order valence-electron chi connectivity index (χ1n) is 12.7. The van der Waals surface area contributed by atoms with Crippen LogP contribution >= 0.6 is 11.6 Å². The fourth-order valence-electron chi connectivity index (χ4n) is 5.80. The van der Waals surface area contributed by atoms with Crippen molar-refractivity contribution in [3.05, 3.63) is 110 Å². The molecule has 5 aromatic rings. The Morgan fingerprint density at radius 2 is 1.89 bits per heavy atom. The molecule has 1 saturated carbocycles. The van der Waals surface area contributed by atoms with Crippen molar-refractivity contribution >= 4 is 33.8 Å². The predicted octanol–water partition coefficient (Wildman–Crippen LogP) is 6.62. The Kier molecular flexibility index (Phi) is 5.01. The first-order valence-corrected chi connectivity index (χ1v) is 13.0. The number of nitrogens with zero attached hydrogens (tertiary/aromatic N) is 3. The maximum absolute atomic E-state index is 11.8. The predicted molar refractivity (Wildman–Crippen MR) is 145 cm³/mol. The molecule has 0 saturated heterocycles. The Morgan fingerprint density at radius 3 is 2.68 bits per heavy atom. The van der Waals surface area contributed by atoms with Crippen LogP contribution < -0.4 is 5.76 Å². The molecule has 6 nitrogen and oxygen atoms in total. The Labute approximate surface area is 218 Å². The van der Waals surface area contributed by atoms with E-state index in [1.165, 1.54) is 16.7 Å². The number of benzene rings is 3. The van der Waals surface area contributed by atoms with E-state index >= 15 is 0 Å². The zero-order chi connectivity index (χ0) is 25.3. The van der Waals surface area contributed by atoms with Crippen LogP contribution in [-0.2, 0) is 12.8 Å². The fourth-order valence-corrected chi connectivity index (χ4v) is 6.01. The van der Waals surface area contributed by atoms with Crippen molar-refractivity contribution in [2.45, 2.75) is 45.4 Å². The second-order valence-corrected chi connectivity index (χ2v) is 10.4. The van der Waals surface area contributed by atoms with Crippen molar-refractivity contribution in [2.75, 3.05) is 0 Å². The number of para-hydroxylation sites is 1. The summed E-state index contributed by atoms with van der Waals surface area (Å²) in [6.45, 7) is 4.21. The van der Waals surface area contributed by atoms with Crippen LogP contribution in [0.4, 0.5) is 0 Å². The smallest absolute Gasteiger partial charge is 0.296 e. The number of hydrogen-bond acceptors (Lipinski definition) is 4. The van der Waals surface area contributed by atoms with Crippen LogP contribution in [-0.4, -0.2) is 19.7 Å². The molecule has 1 fully saturated rings. The van der Waals surface area contributed by atoms with Crippen LogP contribution in [0.15, 0.2) is 63.9 Å². The largest absolute Gasteiger partial charge is 0.439 e. The first-order chi connectivity index (χ1) is 18.0. The van der Waals surface area contributed by atoms with Gasteiger partial charge in [0.25, 0.3) is 0 Å². The molecule has 37 heavy (non-hydrogen) atoms. The summed E-state index contributed by atoms with van der Waals surface area (Å²) in [6, 6.07) is 18.9. The molecule has 2 aliphatic rings. The summed E-state index contributed by atoms with van der Waals surface area (Å²) < 4.78 is 7.17. The van der Waals surface area contributed by atoms with E-state index in [1.807, 2.05) is 19.1 Å². The quantitative estimate of drug-likeness (QED) is 0.297. The van der Waals surface area contributed by atoms with E-state index in [0.717, 1.165) is 70.5 Å². The van der Waals surface area contributed by atoms with Gasteiger partial charge in [-0.1, -0.05) is 53.2 Å². The third-order valence-corrected chi connectivity index (χ3v) is 8.09.